The number of amides is 1. The van der Waals surface area contributed by atoms with Crippen LogP contribution in [-0.2, 0) is 6.54 Å². The lowest BCUT2D eigenvalue weighted by Crippen LogP contribution is -2.23. The van der Waals surface area contributed by atoms with E-state index in [1.165, 1.54) is 0 Å². The summed E-state index contributed by atoms with van der Waals surface area (Å²) in [5, 5.41) is 6.66. The Morgan fingerprint density at radius 1 is 1.04 bits per heavy atom. The van der Waals surface area contributed by atoms with Crippen LogP contribution in [-0.4, -0.2) is 10.9 Å². The number of hydrogen-bond acceptors (Lipinski definition) is 3. The molecule has 0 fully saturated rings. The van der Waals surface area contributed by atoms with Gasteiger partial charge in [0.25, 0.3) is 5.91 Å². The highest BCUT2D eigenvalue weighted by molar-refractivity contribution is 6.33. The van der Waals surface area contributed by atoms with E-state index >= 15 is 0 Å². The van der Waals surface area contributed by atoms with Crippen LogP contribution in [0.5, 0.6) is 0 Å². The van der Waals surface area contributed by atoms with Crippen LogP contribution in [0.3, 0.4) is 0 Å². The highest BCUT2D eigenvalue weighted by Gasteiger charge is 2.07. The maximum atomic E-state index is 12.3. The van der Waals surface area contributed by atoms with Gasteiger partial charge in [0.1, 0.15) is 5.82 Å². The van der Waals surface area contributed by atoms with Crippen molar-refractivity contribution in [3.63, 3.8) is 0 Å². The van der Waals surface area contributed by atoms with Gasteiger partial charge in [-0.05, 0) is 42.3 Å². The lowest BCUT2D eigenvalue weighted by molar-refractivity contribution is 0.0950. The average Bonchev–Trinajstić information content (AvgIpc) is 2.63. The first kappa shape index (κ1) is 17.0. The number of hydrogen-bond donors (Lipinski definition) is 2. The third-order valence-corrected chi connectivity index (χ3v) is 4.19. The Bertz CT molecular complexity index is 878. The molecule has 0 saturated carbocycles. The second-order valence-electron chi connectivity index (χ2n) is 5.65. The van der Waals surface area contributed by atoms with Crippen molar-refractivity contribution in [2.24, 2.45) is 0 Å². The number of aryl methyl sites for hydroxylation is 1. The number of rotatable bonds is 5. The molecule has 0 saturated heterocycles. The summed E-state index contributed by atoms with van der Waals surface area (Å²) in [6.45, 7) is 2.52. The minimum atomic E-state index is -0.153. The lowest BCUT2D eigenvalue weighted by Gasteiger charge is -2.09. The molecular formula is C20H18ClN3O. The van der Waals surface area contributed by atoms with Crippen molar-refractivity contribution in [2.45, 2.75) is 13.5 Å². The van der Waals surface area contributed by atoms with Gasteiger partial charge < -0.3 is 10.6 Å². The molecule has 3 aromatic rings. The van der Waals surface area contributed by atoms with E-state index in [1.807, 2.05) is 49.4 Å². The Morgan fingerprint density at radius 2 is 1.80 bits per heavy atom. The first-order chi connectivity index (χ1) is 12.1. The Morgan fingerprint density at radius 3 is 2.52 bits per heavy atom. The van der Waals surface area contributed by atoms with E-state index < -0.39 is 0 Å². The Balaban J connectivity index is 1.63. The van der Waals surface area contributed by atoms with Gasteiger partial charge in [0.2, 0.25) is 0 Å². The highest BCUT2D eigenvalue weighted by atomic mass is 35.5. The van der Waals surface area contributed by atoms with Gasteiger partial charge in [-0.2, -0.15) is 0 Å². The topological polar surface area (TPSA) is 54.0 Å². The second-order valence-corrected chi connectivity index (χ2v) is 6.05. The minimum Gasteiger partial charge on any atom is -0.348 e. The number of pyridine rings is 1. The summed E-state index contributed by atoms with van der Waals surface area (Å²) in [6, 6.07) is 18.9. The van der Waals surface area contributed by atoms with E-state index in [4.69, 9.17) is 11.6 Å². The third kappa shape index (κ3) is 4.37. The molecule has 1 amide bonds. The van der Waals surface area contributed by atoms with Crippen LogP contribution in [0.4, 0.5) is 11.5 Å². The van der Waals surface area contributed by atoms with Crippen molar-refractivity contribution in [3.8, 4) is 0 Å². The molecule has 2 N–H and O–H groups in total. The van der Waals surface area contributed by atoms with Crippen LogP contribution in [0, 0.1) is 6.92 Å². The predicted molar refractivity (Wildman–Crippen MR) is 101 cm³/mol. The van der Waals surface area contributed by atoms with Crippen LogP contribution in [0.15, 0.2) is 66.9 Å². The molecule has 1 aromatic heterocycles. The summed E-state index contributed by atoms with van der Waals surface area (Å²) in [4.78, 5) is 16.5. The average molecular weight is 352 g/mol. The summed E-state index contributed by atoms with van der Waals surface area (Å²) >= 11 is 6.11. The van der Waals surface area contributed by atoms with E-state index in [0.29, 0.717) is 22.9 Å². The SMILES string of the molecule is Cc1ccccc1CNC(=O)c1ccc(Nc2ccccc2Cl)nc1. The minimum absolute atomic E-state index is 0.153. The van der Waals surface area contributed by atoms with Gasteiger partial charge in [0.15, 0.2) is 0 Å². The number of benzene rings is 2. The van der Waals surface area contributed by atoms with Crippen molar-refractivity contribution < 1.29 is 4.79 Å². The first-order valence-corrected chi connectivity index (χ1v) is 8.31. The van der Waals surface area contributed by atoms with Crippen LogP contribution < -0.4 is 10.6 Å². The Kier molecular flexibility index (Phi) is 5.31. The molecule has 0 spiro atoms. The number of carbonyl (C=O) groups excluding carboxylic acids is 1. The number of aromatic nitrogens is 1. The van der Waals surface area contributed by atoms with Crippen molar-refractivity contribution in [1.29, 1.82) is 0 Å². The van der Waals surface area contributed by atoms with E-state index in [1.54, 1.807) is 24.4 Å². The number of nitrogens with one attached hydrogen (secondary N) is 2. The van der Waals surface area contributed by atoms with Crippen molar-refractivity contribution in [3.05, 3.63) is 88.6 Å². The maximum Gasteiger partial charge on any atom is 0.253 e. The first-order valence-electron chi connectivity index (χ1n) is 7.94. The van der Waals surface area contributed by atoms with Gasteiger partial charge in [-0.3, -0.25) is 4.79 Å². The van der Waals surface area contributed by atoms with Crippen molar-refractivity contribution in [1.82, 2.24) is 10.3 Å². The molecule has 126 valence electrons. The molecule has 0 radical (unpaired) electrons. The monoisotopic (exact) mass is 351 g/mol. The van der Waals surface area contributed by atoms with E-state index in [2.05, 4.69) is 15.6 Å². The van der Waals surface area contributed by atoms with Crippen LogP contribution in [0.25, 0.3) is 0 Å². The van der Waals surface area contributed by atoms with Crippen LogP contribution >= 0.6 is 11.6 Å². The van der Waals surface area contributed by atoms with Gasteiger partial charge in [0, 0.05) is 12.7 Å². The van der Waals surface area contributed by atoms with Gasteiger partial charge in [-0.15, -0.1) is 0 Å². The normalized spacial score (nSPS) is 10.3. The lowest BCUT2D eigenvalue weighted by atomic mass is 10.1. The molecule has 25 heavy (non-hydrogen) atoms. The van der Waals surface area contributed by atoms with Gasteiger partial charge in [-0.25, -0.2) is 4.98 Å². The summed E-state index contributed by atoms with van der Waals surface area (Å²) in [5.74, 6) is 0.476. The van der Waals surface area contributed by atoms with Gasteiger partial charge in [-0.1, -0.05) is 48.0 Å². The quantitative estimate of drug-likeness (QED) is 0.699. The fourth-order valence-corrected chi connectivity index (χ4v) is 2.57. The summed E-state index contributed by atoms with van der Waals surface area (Å²) in [7, 11) is 0. The number of para-hydroxylation sites is 1. The Hall–Kier alpha value is -2.85. The summed E-state index contributed by atoms with van der Waals surface area (Å²) < 4.78 is 0. The zero-order valence-electron chi connectivity index (χ0n) is 13.8. The molecule has 0 unspecified atom stereocenters. The number of anilines is 2. The van der Waals surface area contributed by atoms with Gasteiger partial charge >= 0.3 is 0 Å². The predicted octanol–water partition coefficient (Wildman–Crippen LogP) is 4.72. The van der Waals surface area contributed by atoms with Crippen LogP contribution in [0.1, 0.15) is 21.5 Å². The summed E-state index contributed by atoms with van der Waals surface area (Å²) in [6.07, 6.45) is 1.55. The molecule has 3 rings (SSSR count). The van der Waals surface area contributed by atoms with Crippen molar-refractivity contribution >= 4 is 29.0 Å². The molecule has 0 aliphatic carbocycles. The molecular weight excluding hydrogens is 334 g/mol. The standard InChI is InChI=1S/C20H18ClN3O/c1-14-6-2-3-7-15(14)12-23-20(25)16-10-11-19(22-13-16)24-18-9-5-4-8-17(18)21/h2-11,13H,12H2,1H3,(H,22,24)(H,23,25). The smallest absolute Gasteiger partial charge is 0.253 e. The fourth-order valence-electron chi connectivity index (χ4n) is 2.39. The summed E-state index contributed by atoms with van der Waals surface area (Å²) in [5.41, 5.74) is 3.53. The second kappa shape index (κ2) is 7.81. The zero-order valence-corrected chi connectivity index (χ0v) is 14.5. The van der Waals surface area contributed by atoms with E-state index in [-0.39, 0.29) is 5.91 Å². The molecule has 0 aliphatic rings. The molecule has 2 aromatic carbocycles. The van der Waals surface area contributed by atoms with E-state index in [0.717, 1.165) is 16.8 Å². The van der Waals surface area contributed by atoms with E-state index in [9.17, 15) is 4.79 Å². The fraction of sp³-hybridized carbons (Fsp3) is 0.100. The van der Waals surface area contributed by atoms with Crippen LogP contribution in [0.2, 0.25) is 5.02 Å². The molecule has 1 heterocycles. The molecule has 0 bridgehead atoms. The van der Waals surface area contributed by atoms with Crippen molar-refractivity contribution in [2.75, 3.05) is 5.32 Å². The highest BCUT2D eigenvalue weighted by Crippen LogP contribution is 2.23. The molecule has 0 aliphatic heterocycles. The zero-order chi connectivity index (χ0) is 17.6. The molecule has 4 nitrogen and oxygen atoms in total. The Labute approximate surface area is 151 Å². The maximum absolute atomic E-state index is 12.3. The van der Waals surface area contributed by atoms with Gasteiger partial charge in [0.05, 0.1) is 16.3 Å². The molecule has 5 heteroatoms. The molecule has 0 atom stereocenters. The number of halogens is 1. The number of carbonyl (C=O) groups is 1. The third-order valence-electron chi connectivity index (χ3n) is 3.86. The number of nitrogens with zero attached hydrogens (tertiary/aromatic N) is 1. The largest absolute Gasteiger partial charge is 0.348 e.